The van der Waals surface area contributed by atoms with Gasteiger partial charge in [0.05, 0.1) is 13.3 Å². The van der Waals surface area contributed by atoms with Crippen LogP contribution in [0.3, 0.4) is 0 Å². The summed E-state index contributed by atoms with van der Waals surface area (Å²) >= 11 is 0. The van der Waals surface area contributed by atoms with Crippen molar-refractivity contribution in [3.8, 4) is 0 Å². The van der Waals surface area contributed by atoms with Crippen molar-refractivity contribution in [3.63, 3.8) is 0 Å². The molecule has 0 saturated carbocycles. The molecule has 6 nitrogen and oxygen atoms in total. The maximum atomic E-state index is 11.1. The fraction of sp³-hybridized carbons (Fsp3) is 0.500. The molecule has 0 saturated heterocycles. The molecule has 1 atom stereocenters. The van der Waals surface area contributed by atoms with E-state index in [0.29, 0.717) is 6.29 Å². The van der Waals surface area contributed by atoms with Gasteiger partial charge in [-0.1, -0.05) is 0 Å². The Kier molecular flexibility index (Phi) is 2.09. The molecule has 1 aliphatic heterocycles. The molecule has 12 heavy (non-hydrogen) atoms. The predicted molar refractivity (Wildman–Crippen MR) is 40.2 cm³/mol. The van der Waals surface area contributed by atoms with E-state index in [1.54, 1.807) is 7.05 Å². The van der Waals surface area contributed by atoms with E-state index in [4.69, 9.17) is 0 Å². The number of methoxy groups -OCH3 is 1. The molecular weight excluding hydrogens is 162 g/mol. The molecule has 1 N–H and O–H groups in total. The second-order valence-corrected chi connectivity index (χ2v) is 2.36. The molecule has 0 aromatic rings. The van der Waals surface area contributed by atoms with E-state index >= 15 is 0 Å². The fourth-order valence-electron chi connectivity index (χ4n) is 0.875. The van der Waals surface area contributed by atoms with Crippen molar-refractivity contribution in [2.75, 3.05) is 14.2 Å². The molecule has 1 unspecified atom stereocenters. The van der Waals surface area contributed by atoms with Crippen LogP contribution in [-0.2, 0) is 14.3 Å². The Hall–Kier alpha value is -1.43. The SMILES string of the molecule is COC(=O)C1(C=O)C=NN(C)N1. The van der Waals surface area contributed by atoms with E-state index in [9.17, 15) is 9.59 Å². The van der Waals surface area contributed by atoms with Crippen molar-refractivity contribution in [1.29, 1.82) is 0 Å². The van der Waals surface area contributed by atoms with Crippen LogP contribution in [0.2, 0.25) is 0 Å². The number of hydrazone groups is 1. The summed E-state index contributed by atoms with van der Waals surface area (Å²) in [7, 11) is 2.78. The first-order valence-corrected chi connectivity index (χ1v) is 3.26. The molecule has 0 radical (unpaired) electrons. The summed E-state index contributed by atoms with van der Waals surface area (Å²) in [6.45, 7) is 0. The monoisotopic (exact) mass is 171 g/mol. The van der Waals surface area contributed by atoms with Gasteiger partial charge in [0.1, 0.15) is 0 Å². The van der Waals surface area contributed by atoms with Gasteiger partial charge >= 0.3 is 5.97 Å². The molecule has 66 valence electrons. The third kappa shape index (κ3) is 1.16. The van der Waals surface area contributed by atoms with Crippen molar-refractivity contribution >= 4 is 18.5 Å². The smallest absolute Gasteiger partial charge is 0.341 e. The lowest BCUT2D eigenvalue weighted by Gasteiger charge is -2.18. The summed E-state index contributed by atoms with van der Waals surface area (Å²) in [5, 5.41) is 4.96. The molecular formula is C6H9N3O3. The van der Waals surface area contributed by atoms with Crippen molar-refractivity contribution in [3.05, 3.63) is 0 Å². The van der Waals surface area contributed by atoms with Crippen LogP contribution < -0.4 is 5.43 Å². The van der Waals surface area contributed by atoms with E-state index < -0.39 is 11.5 Å². The van der Waals surface area contributed by atoms with Crippen LogP contribution in [0.1, 0.15) is 0 Å². The normalized spacial score (nSPS) is 27.3. The molecule has 0 bridgehead atoms. The average Bonchev–Trinajstić information content (AvgIpc) is 2.47. The lowest BCUT2D eigenvalue weighted by atomic mass is 10.1. The van der Waals surface area contributed by atoms with Crippen LogP contribution in [0.5, 0.6) is 0 Å². The summed E-state index contributed by atoms with van der Waals surface area (Å²) in [6.07, 6.45) is 1.65. The minimum absolute atomic E-state index is 0.450. The van der Waals surface area contributed by atoms with Gasteiger partial charge in [-0.15, -0.1) is 0 Å². The van der Waals surface area contributed by atoms with Gasteiger partial charge in [0.25, 0.3) is 0 Å². The number of ether oxygens (including phenoxy) is 1. The molecule has 1 heterocycles. The molecule has 1 aliphatic rings. The second-order valence-electron chi connectivity index (χ2n) is 2.36. The third-order valence-corrected chi connectivity index (χ3v) is 1.49. The number of rotatable bonds is 2. The van der Waals surface area contributed by atoms with E-state index in [1.165, 1.54) is 18.4 Å². The predicted octanol–water partition coefficient (Wildman–Crippen LogP) is -1.47. The summed E-state index contributed by atoms with van der Waals surface area (Å²) in [4.78, 5) is 21.7. The van der Waals surface area contributed by atoms with Crippen LogP contribution >= 0.6 is 0 Å². The summed E-state index contributed by atoms with van der Waals surface area (Å²) in [6, 6.07) is 0. The van der Waals surface area contributed by atoms with Crippen LogP contribution in [0.25, 0.3) is 0 Å². The van der Waals surface area contributed by atoms with Crippen molar-refractivity contribution in [2.24, 2.45) is 5.10 Å². The van der Waals surface area contributed by atoms with E-state index in [2.05, 4.69) is 15.3 Å². The maximum Gasteiger partial charge on any atom is 0.341 e. The van der Waals surface area contributed by atoms with Gasteiger partial charge in [-0.05, 0) is 0 Å². The van der Waals surface area contributed by atoms with Gasteiger partial charge in [-0.2, -0.15) is 10.5 Å². The number of hydrogen-bond donors (Lipinski definition) is 1. The summed E-state index contributed by atoms with van der Waals surface area (Å²) in [5.74, 6) is -0.675. The third-order valence-electron chi connectivity index (χ3n) is 1.49. The highest BCUT2D eigenvalue weighted by molar-refractivity contribution is 6.15. The summed E-state index contributed by atoms with van der Waals surface area (Å²) < 4.78 is 4.43. The van der Waals surface area contributed by atoms with E-state index in [0.717, 1.165) is 0 Å². The molecule has 0 spiro atoms. The maximum absolute atomic E-state index is 11.1. The fourth-order valence-corrected chi connectivity index (χ4v) is 0.875. The van der Waals surface area contributed by atoms with Gasteiger partial charge in [0.15, 0.2) is 6.29 Å². The van der Waals surface area contributed by atoms with Crippen molar-refractivity contribution in [1.82, 2.24) is 10.5 Å². The topological polar surface area (TPSA) is 71.0 Å². The molecule has 0 aliphatic carbocycles. The number of carbonyl (C=O) groups excluding carboxylic acids is 2. The first kappa shape index (κ1) is 8.66. The number of nitrogens with one attached hydrogen (secondary N) is 1. The zero-order chi connectivity index (χ0) is 9.19. The van der Waals surface area contributed by atoms with Crippen molar-refractivity contribution in [2.45, 2.75) is 5.54 Å². The Morgan fingerprint density at radius 1 is 1.83 bits per heavy atom. The first-order chi connectivity index (χ1) is 5.64. The Bertz CT molecular complexity index is 240. The molecule has 0 fully saturated rings. The number of esters is 1. The standard InChI is InChI=1S/C6H9N3O3/c1-9-7-3-6(4-10,8-9)5(11)12-2/h3-4,8H,1-2H3. The number of carbonyl (C=O) groups is 2. The zero-order valence-electron chi connectivity index (χ0n) is 6.77. The Labute approximate surface area is 69.1 Å². The molecule has 0 amide bonds. The highest BCUT2D eigenvalue weighted by Gasteiger charge is 2.42. The van der Waals surface area contributed by atoms with Gasteiger partial charge < -0.3 is 9.53 Å². The second kappa shape index (κ2) is 2.90. The lowest BCUT2D eigenvalue weighted by Crippen LogP contribution is -2.55. The Balaban J connectivity index is 2.86. The number of hydrazine groups is 1. The minimum atomic E-state index is -1.44. The summed E-state index contributed by atoms with van der Waals surface area (Å²) in [5.41, 5.74) is 1.10. The number of nitrogens with zero attached hydrogens (tertiary/aromatic N) is 2. The van der Waals surface area contributed by atoms with Gasteiger partial charge in [0.2, 0.25) is 5.54 Å². The van der Waals surface area contributed by atoms with Crippen LogP contribution in [0.4, 0.5) is 0 Å². The van der Waals surface area contributed by atoms with Crippen LogP contribution in [0.15, 0.2) is 5.10 Å². The quantitative estimate of drug-likeness (QED) is 0.312. The number of aldehydes is 1. The zero-order valence-corrected chi connectivity index (χ0v) is 6.77. The molecule has 6 heteroatoms. The highest BCUT2D eigenvalue weighted by atomic mass is 16.5. The lowest BCUT2D eigenvalue weighted by molar-refractivity contribution is -0.148. The van der Waals surface area contributed by atoms with Gasteiger partial charge in [0, 0.05) is 7.05 Å². The van der Waals surface area contributed by atoms with Gasteiger partial charge in [-0.25, -0.2) is 9.91 Å². The highest BCUT2D eigenvalue weighted by Crippen LogP contribution is 2.07. The Morgan fingerprint density at radius 3 is 2.83 bits per heavy atom. The average molecular weight is 171 g/mol. The largest absolute Gasteiger partial charge is 0.467 e. The molecule has 0 aromatic carbocycles. The van der Waals surface area contributed by atoms with E-state index in [1.807, 2.05) is 0 Å². The van der Waals surface area contributed by atoms with Crippen LogP contribution in [0, 0.1) is 0 Å². The minimum Gasteiger partial charge on any atom is -0.467 e. The first-order valence-electron chi connectivity index (χ1n) is 3.26. The van der Waals surface area contributed by atoms with Gasteiger partial charge in [-0.3, -0.25) is 0 Å². The van der Waals surface area contributed by atoms with Crippen molar-refractivity contribution < 1.29 is 14.3 Å². The molecule has 0 aromatic heterocycles. The van der Waals surface area contributed by atoms with E-state index in [-0.39, 0.29) is 0 Å². The number of hydrogen-bond acceptors (Lipinski definition) is 6. The van der Waals surface area contributed by atoms with Crippen LogP contribution in [-0.4, -0.2) is 43.3 Å². The Morgan fingerprint density at radius 2 is 2.50 bits per heavy atom. The molecule has 1 rings (SSSR count).